The molecule has 0 radical (unpaired) electrons. The topological polar surface area (TPSA) is 54.4 Å². The third-order valence-corrected chi connectivity index (χ3v) is 2.08. The molecule has 0 aliphatic heterocycles. The first kappa shape index (κ1) is 16.6. The highest BCUT2D eigenvalue weighted by atomic mass is 19.4. The molecule has 0 rings (SSSR count). The van der Waals surface area contributed by atoms with Crippen LogP contribution in [-0.2, 0) is 9.59 Å². The van der Waals surface area contributed by atoms with E-state index in [0.717, 1.165) is 6.92 Å². The number of carbonyl (C=O) groups is 2. The van der Waals surface area contributed by atoms with Crippen LogP contribution in [0.3, 0.4) is 0 Å². The van der Waals surface area contributed by atoms with Gasteiger partial charge in [-0.05, 0) is 6.42 Å². The normalized spacial score (nSPS) is 15.3. The largest absolute Gasteiger partial charge is 0.481 e. The van der Waals surface area contributed by atoms with E-state index in [9.17, 15) is 40.3 Å². The van der Waals surface area contributed by atoms with E-state index < -0.39 is 42.1 Å². The molecule has 0 amide bonds. The molecule has 0 aromatic rings. The van der Waals surface area contributed by atoms with Gasteiger partial charge in [0.1, 0.15) is 5.92 Å². The van der Waals surface area contributed by atoms with Crippen LogP contribution in [0.25, 0.3) is 0 Å². The van der Waals surface area contributed by atoms with Crippen molar-refractivity contribution in [1.29, 1.82) is 0 Å². The Balaban J connectivity index is 5.52. The highest BCUT2D eigenvalue weighted by Crippen LogP contribution is 2.47. The lowest BCUT2D eigenvalue weighted by molar-refractivity contribution is -0.344. The predicted octanol–water partition coefficient (Wildman–Crippen LogP) is 2.50. The van der Waals surface area contributed by atoms with Crippen molar-refractivity contribution >= 4 is 11.8 Å². The summed E-state index contributed by atoms with van der Waals surface area (Å²) in [4.78, 5) is 21.1. The first-order valence-corrected chi connectivity index (χ1v) is 4.40. The lowest BCUT2D eigenvalue weighted by Crippen LogP contribution is -2.58. The molecule has 0 unspecified atom stereocenters. The lowest BCUT2D eigenvalue weighted by atomic mass is 9.93. The van der Waals surface area contributed by atoms with Crippen LogP contribution in [0.5, 0.6) is 0 Å². The Labute approximate surface area is 95.6 Å². The van der Waals surface area contributed by atoms with E-state index in [1.807, 2.05) is 0 Å². The van der Waals surface area contributed by atoms with Gasteiger partial charge in [-0.15, -0.1) is 0 Å². The van der Waals surface area contributed by atoms with E-state index in [2.05, 4.69) is 0 Å². The molecule has 0 bridgehead atoms. The van der Waals surface area contributed by atoms with Crippen LogP contribution in [0.4, 0.5) is 30.7 Å². The predicted molar refractivity (Wildman–Crippen MR) is 42.4 cm³/mol. The third-order valence-electron chi connectivity index (χ3n) is 2.08. The summed E-state index contributed by atoms with van der Waals surface area (Å²) in [5, 5.41) is 8.30. The van der Waals surface area contributed by atoms with Crippen LogP contribution >= 0.6 is 0 Å². The zero-order valence-corrected chi connectivity index (χ0v) is 8.69. The molecule has 1 atom stereocenters. The van der Waals surface area contributed by atoms with Gasteiger partial charge in [0.25, 0.3) is 0 Å². The summed E-state index contributed by atoms with van der Waals surface area (Å²) in [7, 11) is 0. The van der Waals surface area contributed by atoms with Gasteiger partial charge in [0.05, 0.1) is 0 Å². The van der Waals surface area contributed by atoms with Gasteiger partial charge in [-0.3, -0.25) is 9.59 Å². The summed E-state index contributed by atoms with van der Waals surface area (Å²) in [5.74, 6) is -20.6. The minimum Gasteiger partial charge on any atom is -0.481 e. The molecule has 0 heterocycles. The fourth-order valence-corrected chi connectivity index (χ4v) is 1.02. The van der Waals surface area contributed by atoms with Crippen molar-refractivity contribution in [2.75, 3.05) is 0 Å². The molecule has 0 aromatic carbocycles. The number of halogens is 7. The minimum absolute atomic E-state index is 0.836. The quantitative estimate of drug-likeness (QED) is 0.623. The van der Waals surface area contributed by atoms with Crippen LogP contribution in [0.15, 0.2) is 0 Å². The second-order valence-corrected chi connectivity index (χ2v) is 3.31. The Morgan fingerprint density at radius 2 is 1.44 bits per heavy atom. The number of hydrogen-bond donors (Lipinski definition) is 1. The summed E-state index contributed by atoms with van der Waals surface area (Å²) in [5.41, 5.74) is 0. The lowest BCUT2D eigenvalue weighted by Gasteiger charge is -2.28. The highest BCUT2D eigenvalue weighted by Gasteiger charge is 2.76. The summed E-state index contributed by atoms with van der Waals surface area (Å²) in [6.07, 6.45) is -7.50. The van der Waals surface area contributed by atoms with Crippen LogP contribution in [-0.4, -0.2) is 34.9 Å². The maximum Gasteiger partial charge on any atom is 0.460 e. The Kier molecular flexibility index (Phi) is 4.37. The van der Waals surface area contributed by atoms with Gasteiger partial charge >= 0.3 is 24.0 Å². The fourth-order valence-electron chi connectivity index (χ4n) is 1.02. The van der Waals surface area contributed by atoms with Crippen LogP contribution in [0, 0.1) is 5.92 Å². The first-order chi connectivity index (χ1) is 7.80. The monoisotopic (exact) mass is 284 g/mol. The number of carbonyl (C=O) groups excluding carboxylic acids is 1. The summed E-state index contributed by atoms with van der Waals surface area (Å²) in [6, 6.07) is 0. The number of alkyl halides is 7. The van der Waals surface area contributed by atoms with Crippen molar-refractivity contribution in [3.05, 3.63) is 0 Å². The van der Waals surface area contributed by atoms with Crippen molar-refractivity contribution in [1.82, 2.24) is 0 Å². The summed E-state index contributed by atoms with van der Waals surface area (Å²) >= 11 is 0. The molecule has 0 aromatic heterocycles. The van der Waals surface area contributed by atoms with Gasteiger partial charge in [0.15, 0.2) is 0 Å². The highest BCUT2D eigenvalue weighted by molar-refractivity contribution is 6.02. The van der Waals surface area contributed by atoms with Crippen molar-refractivity contribution in [2.24, 2.45) is 5.92 Å². The van der Waals surface area contributed by atoms with Gasteiger partial charge in [0.2, 0.25) is 5.78 Å². The third kappa shape index (κ3) is 2.56. The maximum absolute atomic E-state index is 12.8. The average Bonchev–Trinajstić information content (AvgIpc) is 2.15. The van der Waals surface area contributed by atoms with E-state index in [1.54, 1.807) is 0 Å². The zero-order chi connectivity index (χ0) is 14.9. The molecule has 0 saturated heterocycles. The Hall–Kier alpha value is -1.35. The van der Waals surface area contributed by atoms with Gasteiger partial charge in [0, 0.05) is 0 Å². The van der Waals surface area contributed by atoms with Gasteiger partial charge in [-0.25, -0.2) is 0 Å². The molecule has 3 nitrogen and oxygen atoms in total. The van der Waals surface area contributed by atoms with E-state index in [1.165, 1.54) is 0 Å². The molecule has 0 spiro atoms. The number of rotatable bonds is 5. The number of carboxylic acids is 1. The number of Topliss-reactive ketones (excluding diaryl/α,β-unsaturated/α-hetero) is 1. The second-order valence-electron chi connectivity index (χ2n) is 3.31. The first-order valence-electron chi connectivity index (χ1n) is 4.40. The Morgan fingerprint density at radius 3 is 1.67 bits per heavy atom. The molecule has 0 saturated carbocycles. The number of carboxylic acid groups (broad SMARTS) is 1. The van der Waals surface area contributed by atoms with Crippen LogP contribution in [0.1, 0.15) is 13.3 Å². The van der Waals surface area contributed by atoms with E-state index in [4.69, 9.17) is 5.11 Å². The SMILES string of the molecule is CC[C@H](C(=O)O)C(=O)C(F)(F)C(F)(F)C(F)(F)F. The van der Waals surface area contributed by atoms with Crippen LogP contribution in [0.2, 0.25) is 0 Å². The van der Waals surface area contributed by atoms with E-state index in [0.29, 0.717) is 0 Å². The van der Waals surface area contributed by atoms with Crippen molar-refractivity contribution in [2.45, 2.75) is 31.4 Å². The molecular weight excluding hydrogens is 277 g/mol. The van der Waals surface area contributed by atoms with Crippen molar-refractivity contribution in [3.8, 4) is 0 Å². The standard InChI is InChI=1S/C8H7F7O3/c1-2-3(5(17)18)4(16)6(9,10)7(11,12)8(13,14)15/h3H,2H2,1H3,(H,17,18)/t3-/m0/s1. The Bertz CT molecular complexity index is 347. The minimum atomic E-state index is -6.66. The molecule has 18 heavy (non-hydrogen) atoms. The van der Waals surface area contributed by atoms with Crippen molar-refractivity contribution in [3.63, 3.8) is 0 Å². The van der Waals surface area contributed by atoms with Crippen LogP contribution < -0.4 is 0 Å². The molecule has 106 valence electrons. The fraction of sp³-hybridized carbons (Fsp3) is 0.750. The molecule has 1 N–H and O–H groups in total. The second kappa shape index (κ2) is 4.73. The number of aliphatic carboxylic acids is 1. The average molecular weight is 284 g/mol. The molecule has 0 fully saturated rings. The molecule has 10 heteroatoms. The van der Waals surface area contributed by atoms with Gasteiger partial charge in [-0.1, -0.05) is 6.92 Å². The molecular formula is C8H7F7O3. The smallest absolute Gasteiger partial charge is 0.460 e. The van der Waals surface area contributed by atoms with Gasteiger partial charge < -0.3 is 5.11 Å². The Morgan fingerprint density at radius 1 is 1.06 bits per heavy atom. The maximum atomic E-state index is 12.8. The van der Waals surface area contributed by atoms with E-state index in [-0.39, 0.29) is 0 Å². The zero-order valence-electron chi connectivity index (χ0n) is 8.69. The number of hydrogen-bond acceptors (Lipinski definition) is 2. The summed E-state index contributed by atoms with van der Waals surface area (Å²) < 4.78 is 85.7. The summed E-state index contributed by atoms with van der Waals surface area (Å²) in [6.45, 7) is 0.887. The van der Waals surface area contributed by atoms with Crippen molar-refractivity contribution < 1.29 is 45.4 Å². The van der Waals surface area contributed by atoms with Gasteiger partial charge in [-0.2, -0.15) is 30.7 Å². The molecule has 0 aliphatic rings. The molecule has 0 aliphatic carbocycles. The number of ketones is 1. The van der Waals surface area contributed by atoms with E-state index >= 15 is 0 Å².